The smallest absolute Gasteiger partial charge is 0.124 e. The lowest BCUT2D eigenvalue weighted by Gasteiger charge is -2.38. The molecule has 2 fully saturated rings. The second kappa shape index (κ2) is 6.59. The van der Waals surface area contributed by atoms with Crippen molar-refractivity contribution in [3.8, 4) is 5.75 Å². The normalized spacial score (nSPS) is 30.5. The number of thioether (sulfide) groups is 1. The van der Waals surface area contributed by atoms with Crippen LogP contribution in [0.15, 0.2) is 24.3 Å². The molecule has 2 aliphatic rings. The summed E-state index contributed by atoms with van der Waals surface area (Å²) in [5.74, 6) is 3.28. The Morgan fingerprint density at radius 1 is 1.48 bits per heavy atom. The molecule has 1 aromatic carbocycles. The van der Waals surface area contributed by atoms with Crippen molar-refractivity contribution in [1.82, 2.24) is 0 Å². The highest BCUT2D eigenvalue weighted by Gasteiger charge is 2.41. The van der Waals surface area contributed by atoms with Gasteiger partial charge < -0.3 is 15.2 Å². The molecule has 0 saturated carbocycles. The lowest BCUT2D eigenvalue weighted by molar-refractivity contribution is -0.0960. The molecule has 4 heteroatoms. The molecule has 3 rings (SSSR count). The quantitative estimate of drug-likeness (QED) is 0.924. The second-order valence-corrected chi connectivity index (χ2v) is 7.22. The highest BCUT2D eigenvalue weighted by atomic mass is 32.2. The van der Waals surface area contributed by atoms with Gasteiger partial charge in [-0.05, 0) is 24.7 Å². The Labute approximate surface area is 131 Å². The minimum atomic E-state index is 0.0528. The first kappa shape index (κ1) is 15.2. The van der Waals surface area contributed by atoms with Gasteiger partial charge in [0.15, 0.2) is 0 Å². The third kappa shape index (κ3) is 3.38. The van der Waals surface area contributed by atoms with E-state index in [1.165, 1.54) is 5.75 Å². The second-order valence-electron chi connectivity index (χ2n) is 6.12. The van der Waals surface area contributed by atoms with Crippen molar-refractivity contribution in [3.05, 3.63) is 29.8 Å². The Morgan fingerprint density at radius 2 is 2.33 bits per heavy atom. The molecule has 3 nitrogen and oxygen atoms in total. The number of nitrogens with two attached hydrogens (primary N) is 1. The molecule has 0 aliphatic carbocycles. The molecule has 1 spiro atoms. The van der Waals surface area contributed by atoms with Crippen LogP contribution in [0.1, 0.15) is 44.2 Å². The van der Waals surface area contributed by atoms with Gasteiger partial charge in [-0.1, -0.05) is 25.1 Å². The summed E-state index contributed by atoms with van der Waals surface area (Å²) in [7, 11) is 0. The van der Waals surface area contributed by atoms with Gasteiger partial charge in [0, 0.05) is 30.2 Å². The summed E-state index contributed by atoms with van der Waals surface area (Å²) >= 11 is 2.00. The van der Waals surface area contributed by atoms with Gasteiger partial charge >= 0.3 is 0 Å². The monoisotopic (exact) mass is 307 g/mol. The summed E-state index contributed by atoms with van der Waals surface area (Å²) < 4.78 is 12.4. The van der Waals surface area contributed by atoms with E-state index in [0.717, 1.165) is 49.4 Å². The molecule has 3 atom stereocenters. The summed E-state index contributed by atoms with van der Waals surface area (Å²) in [6.07, 6.45) is 4.32. The predicted molar refractivity (Wildman–Crippen MR) is 87.9 cm³/mol. The van der Waals surface area contributed by atoms with Crippen LogP contribution < -0.4 is 10.5 Å². The van der Waals surface area contributed by atoms with Crippen LogP contribution in [-0.4, -0.2) is 29.8 Å². The minimum absolute atomic E-state index is 0.0528. The van der Waals surface area contributed by atoms with Gasteiger partial charge in [-0.15, -0.1) is 0 Å². The van der Waals surface area contributed by atoms with Crippen molar-refractivity contribution in [2.45, 2.75) is 50.4 Å². The fourth-order valence-electron chi connectivity index (χ4n) is 3.24. The Kier molecular flexibility index (Phi) is 4.77. The lowest BCUT2D eigenvalue weighted by Crippen LogP contribution is -2.44. The fourth-order valence-corrected chi connectivity index (χ4v) is 4.62. The molecule has 21 heavy (non-hydrogen) atoms. The Hall–Kier alpha value is -0.710. The molecule has 2 heterocycles. The zero-order chi connectivity index (χ0) is 14.7. The molecule has 116 valence electrons. The largest absolute Gasteiger partial charge is 0.490 e. The van der Waals surface area contributed by atoms with E-state index in [0.29, 0.717) is 0 Å². The summed E-state index contributed by atoms with van der Waals surface area (Å²) in [4.78, 5) is 0. The molecule has 1 aromatic rings. The third-order valence-electron chi connectivity index (χ3n) is 4.57. The van der Waals surface area contributed by atoms with Crippen LogP contribution >= 0.6 is 11.8 Å². The molecule has 2 aliphatic heterocycles. The van der Waals surface area contributed by atoms with E-state index >= 15 is 0 Å². The van der Waals surface area contributed by atoms with E-state index in [4.69, 9.17) is 15.2 Å². The van der Waals surface area contributed by atoms with Crippen LogP contribution in [0.2, 0.25) is 0 Å². The van der Waals surface area contributed by atoms with Gasteiger partial charge in [-0.3, -0.25) is 0 Å². The predicted octanol–water partition coefficient (Wildman–Crippen LogP) is 3.53. The van der Waals surface area contributed by atoms with Gasteiger partial charge in [0.2, 0.25) is 0 Å². The highest BCUT2D eigenvalue weighted by molar-refractivity contribution is 7.99. The SMILES string of the molecule is CCC(N)c1ccccc1OC1CCOC2(CCSC2)C1. The van der Waals surface area contributed by atoms with Crippen LogP contribution in [0, 0.1) is 0 Å². The van der Waals surface area contributed by atoms with E-state index in [-0.39, 0.29) is 17.7 Å². The molecule has 0 amide bonds. The number of ether oxygens (including phenoxy) is 2. The van der Waals surface area contributed by atoms with Crippen LogP contribution in [0.4, 0.5) is 0 Å². The maximum Gasteiger partial charge on any atom is 0.124 e. The molecule has 2 N–H and O–H groups in total. The zero-order valence-electron chi connectivity index (χ0n) is 12.7. The Balaban J connectivity index is 1.71. The number of benzene rings is 1. The van der Waals surface area contributed by atoms with Crippen LogP contribution in [-0.2, 0) is 4.74 Å². The summed E-state index contributed by atoms with van der Waals surface area (Å²) in [6, 6.07) is 8.26. The van der Waals surface area contributed by atoms with Gasteiger partial charge in [0.05, 0.1) is 12.2 Å². The number of rotatable bonds is 4. The van der Waals surface area contributed by atoms with Gasteiger partial charge in [0.1, 0.15) is 11.9 Å². The van der Waals surface area contributed by atoms with Crippen molar-refractivity contribution < 1.29 is 9.47 Å². The summed E-state index contributed by atoms with van der Waals surface area (Å²) in [5, 5.41) is 0. The van der Waals surface area contributed by atoms with Crippen molar-refractivity contribution in [2.24, 2.45) is 5.73 Å². The maximum atomic E-state index is 6.33. The average molecular weight is 307 g/mol. The van der Waals surface area contributed by atoms with Crippen LogP contribution in [0.5, 0.6) is 5.75 Å². The topological polar surface area (TPSA) is 44.5 Å². The van der Waals surface area contributed by atoms with Crippen molar-refractivity contribution in [3.63, 3.8) is 0 Å². The van der Waals surface area contributed by atoms with E-state index in [1.807, 2.05) is 23.9 Å². The van der Waals surface area contributed by atoms with Crippen molar-refractivity contribution in [1.29, 1.82) is 0 Å². The summed E-state index contributed by atoms with van der Waals surface area (Å²) in [5.41, 5.74) is 7.40. The standard InChI is InChI=1S/C17H25NO2S/c1-2-15(18)14-5-3-4-6-16(14)20-13-7-9-19-17(11-13)8-10-21-12-17/h3-6,13,15H,2,7-12,18H2,1H3. The summed E-state index contributed by atoms with van der Waals surface area (Å²) in [6.45, 7) is 2.92. The van der Waals surface area contributed by atoms with Crippen molar-refractivity contribution in [2.75, 3.05) is 18.1 Å². The van der Waals surface area contributed by atoms with E-state index in [2.05, 4.69) is 19.1 Å². The lowest BCUT2D eigenvalue weighted by atomic mass is 9.91. The van der Waals surface area contributed by atoms with Crippen LogP contribution in [0.25, 0.3) is 0 Å². The zero-order valence-corrected chi connectivity index (χ0v) is 13.5. The molecule has 3 unspecified atom stereocenters. The van der Waals surface area contributed by atoms with E-state index < -0.39 is 0 Å². The van der Waals surface area contributed by atoms with Gasteiger partial charge in [-0.2, -0.15) is 11.8 Å². The molecule has 0 aromatic heterocycles. The maximum absolute atomic E-state index is 6.33. The number of para-hydroxylation sites is 1. The highest BCUT2D eigenvalue weighted by Crippen LogP contribution is 2.39. The minimum Gasteiger partial charge on any atom is -0.490 e. The first-order valence-corrected chi connectivity index (χ1v) is 9.11. The molecule has 2 saturated heterocycles. The fraction of sp³-hybridized carbons (Fsp3) is 0.647. The molecule has 0 bridgehead atoms. The first-order chi connectivity index (χ1) is 10.2. The van der Waals surface area contributed by atoms with Crippen LogP contribution in [0.3, 0.4) is 0 Å². The Morgan fingerprint density at radius 3 is 3.10 bits per heavy atom. The number of hydrogen-bond acceptors (Lipinski definition) is 4. The first-order valence-electron chi connectivity index (χ1n) is 7.95. The molecular formula is C17H25NO2S. The Bertz CT molecular complexity index is 474. The number of hydrogen-bond donors (Lipinski definition) is 1. The van der Waals surface area contributed by atoms with E-state index in [1.54, 1.807) is 0 Å². The van der Waals surface area contributed by atoms with Gasteiger partial charge in [0.25, 0.3) is 0 Å². The van der Waals surface area contributed by atoms with Gasteiger partial charge in [-0.25, -0.2) is 0 Å². The molecule has 0 radical (unpaired) electrons. The van der Waals surface area contributed by atoms with E-state index in [9.17, 15) is 0 Å². The molecular weight excluding hydrogens is 282 g/mol. The third-order valence-corrected chi connectivity index (χ3v) is 5.79. The van der Waals surface area contributed by atoms with Crippen molar-refractivity contribution >= 4 is 11.8 Å². The average Bonchev–Trinajstić information content (AvgIpc) is 2.95.